The third-order valence-corrected chi connectivity index (χ3v) is 3.52. The molecule has 1 heterocycles. The monoisotopic (exact) mass is 265 g/mol. The van der Waals surface area contributed by atoms with E-state index >= 15 is 0 Å². The topological polar surface area (TPSA) is 39.1 Å². The van der Waals surface area contributed by atoms with Crippen molar-refractivity contribution in [1.29, 1.82) is 0 Å². The number of ketones is 1. The smallest absolute Gasteiger partial charge is 0.232 e. The van der Waals surface area contributed by atoms with Gasteiger partial charge in [-0.25, -0.2) is 0 Å². The van der Waals surface area contributed by atoms with Crippen molar-refractivity contribution >= 4 is 33.5 Å². The van der Waals surface area contributed by atoms with Crippen LogP contribution in [0.4, 0.5) is 0 Å². The van der Waals surface area contributed by atoms with Crippen molar-refractivity contribution in [2.24, 2.45) is 0 Å². The highest BCUT2D eigenvalue weighted by Gasteiger charge is 2.15. The van der Waals surface area contributed by atoms with Crippen molar-refractivity contribution in [1.82, 2.24) is 4.57 Å². The van der Waals surface area contributed by atoms with E-state index in [-0.39, 0.29) is 18.1 Å². The van der Waals surface area contributed by atoms with Crippen LogP contribution in [0.5, 0.6) is 0 Å². The fourth-order valence-corrected chi connectivity index (χ4v) is 2.59. The number of aromatic nitrogens is 1. The maximum absolute atomic E-state index is 12.4. The van der Waals surface area contributed by atoms with Gasteiger partial charge in [-0.1, -0.05) is 36.4 Å². The van der Waals surface area contributed by atoms with Crippen molar-refractivity contribution in [3.05, 3.63) is 48.5 Å². The highest BCUT2D eigenvalue weighted by atomic mass is 16.2. The van der Waals surface area contributed by atoms with Crippen LogP contribution >= 0.6 is 0 Å². The van der Waals surface area contributed by atoms with Crippen molar-refractivity contribution in [3.63, 3.8) is 0 Å². The molecule has 0 unspecified atom stereocenters. The van der Waals surface area contributed by atoms with E-state index in [0.717, 1.165) is 21.8 Å². The van der Waals surface area contributed by atoms with Crippen LogP contribution in [0.1, 0.15) is 24.6 Å². The van der Waals surface area contributed by atoms with Gasteiger partial charge >= 0.3 is 0 Å². The molecule has 0 aliphatic rings. The lowest BCUT2D eigenvalue weighted by Crippen LogP contribution is -2.11. The molecule has 3 rings (SSSR count). The van der Waals surface area contributed by atoms with Gasteiger partial charge in [0.2, 0.25) is 5.91 Å². The number of benzene rings is 2. The van der Waals surface area contributed by atoms with Crippen LogP contribution in [0, 0.1) is 0 Å². The van der Waals surface area contributed by atoms with Gasteiger partial charge in [0.15, 0.2) is 0 Å². The second-order valence-corrected chi connectivity index (χ2v) is 4.97. The van der Waals surface area contributed by atoms with Gasteiger partial charge in [0.1, 0.15) is 5.78 Å². The van der Waals surface area contributed by atoms with Gasteiger partial charge in [-0.3, -0.25) is 9.36 Å². The van der Waals surface area contributed by atoms with E-state index in [0.29, 0.717) is 6.42 Å². The number of rotatable bonds is 3. The van der Waals surface area contributed by atoms with Gasteiger partial charge in [0.05, 0.1) is 11.0 Å². The normalized spacial score (nSPS) is 11.1. The zero-order valence-corrected chi connectivity index (χ0v) is 11.3. The molecule has 0 N–H and O–H groups in total. The lowest BCUT2D eigenvalue weighted by molar-refractivity contribution is -0.117. The Labute approximate surface area is 116 Å². The Morgan fingerprint density at radius 1 is 0.850 bits per heavy atom. The first kappa shape index (κ1) is 12.6. The average Bonchev–Trinajstić information content (AvgIpc) is 2.79. The van der Waals surface area contributed by atoms with E-state index in [1.165, 1.54) is 6.92 Å². The number of nitrogens with zero attached hydrogens (tertiary/aromatic N) is 1. The Morgan fingerprint density at radius 2 is 1.35 bits per heavy atom. The summed E-state index contributed by atoms with van der Waals surface area (Å²) in [5.74, 6) is 0.0108. The molecule has 0 saturated carbocycles. The summed E-state index contributed by atoms with van der Waals surface area (Å²) in [4.78, 5) is 23.5. The van der Waals surface area contributed by atoms with Gasteiger partial charge in [0.25, 0.3) is 0 Å². The van der Waals surface area contributed by atoms with Crippen LogP contribution in [-0.2, 0) is 4.79 Å². The molecule has 3 aromatic rings. The number of Topliss-reactive ketones (excluding diaryl/α,β-unsaturated/α-hetero) is 1. The van der Waals surface area contributed by atoms with Gasteiger partial charge < -0.3 is 4.79 Å². The largest absolute Gasteiger partial charge is 0.300 e. The van der Waals surface area contributed by atoms with Gasteiger partial charge in [-0.15, -0.1) is 0 Å². The highest BCUT2D eigenvalue weighted by Crippen LogP contribution is 2.28. The van der Waals surface area contributed by atoms with Crippen molar-refractivity contribution in [2.75, 3.05) is 0 Å². The summed E-state index contributed by atoms with van der Waals surface area (Å²) >= 11 is 0. The Balaban J connectivity index is 2.21. The minimum absolute atomic E-state index is 0.0300. The van der Waals surface area contributed by atoms with E-state index in [9.17, 15) is 9.59 Å². The second-order valence-electron chi connectivity index (χ2n) is 4.97. The number of fused-ring (bicyclic) bond motifs is 3. The molecule has 0 bridgehead atoms. The first-order chi connectivity index (χ1) is 9.68. The summed E-state index contributed by atoms with van der Waals surface area (Å²) in [6.07, 6.45) is 0.539. The van der Waals surface area contributed by atoms with Crippen LogP contribution in [0.3, 0.4) is 0 Å². The minimum atomic E-state index is -0.0300. The Hall–Kier alpha value is -2.42. The fourth-order valence-electron chi connectivity index (χ4n) is 2.59. The van der Waals surface area contributed by atoms with Crippen molar-refractivity contribution < 1.29 is 9.59 Å². The third kappa shape index (κ3) is 2.01. The Bertz CT molecular complexity index is 761. The van der Waals surface area contributed by atoms with E-state index < -0.39 is 0 Å². The summed E-state index contributed by atoms with van der Waals surface area (Å²) in [5, 5.41) is 2.14. The molecular formula is C17H15NO2. The zero-order valence-electron chi connectivity index (χ0n) is 11.3. The number of carbonyl (C=O) groups excluding carboxylic acids is 2. The first-order valence-electron chi connectivity index (χ1n) is 6.69. The number of carbonyl (C=O) groups is 2. The molecule has 2 aromatic carbocycles. The van der Waals surface area contributed by atoms with E-state index in [1.54, 1.807) is 4.57 Å². The van der Waals surface area contributed by atoms with Gasteiger partial charge in [-0.05, 0) is 19.1 Å². The predicted octanol–water partition coefficient (Wildman–Crippen LogP) is 3.80. The molecule has 0 spiro atoms. The molecule has 0 fully saturated rings. The fraction of sp³-hybridized carbons (Fsp3) is 0.176. The summed E-state index contributed by atoms with van der Waals surface area (Å²) < 4.78 is 1.73. The third-order valence-electron chi connectivity index (χ3n) is 3.52. The van der Waals surface area contributed by atoms with Crippen molar-refractivity contribution in [3.8, 4) is 0 Å². The standard InChI is InChI=1S/C17H15NO2/c1-12(19)10-11-17(20)18-15-8-4-2-6-13(15)14-7-3-5-9-16(14)18/h2-9H,10-11H2,1H3. The average molecular weight is 265 g/mol. The predicted molar refractivity (Wildman–Crippen MR) is 80.0 cm³/mol. The van der Waals surface area contributed by atoms with E-state index in [1.807, 2.05) is 48.5 Å². The molecule has 100 valence electrons. The maximum Gasteiger partial charge on any atom is 0.232 e. The lowest BCUT2D eigenvalue weighted by atomic mass is 10.2. The number of hydrogen-bond donors (Lipinski definition) is 0. The highest BCUT2D eigenvalue weighted by molar-refractivity contribution is 6.13. The molecule has 0 atom stereocenters. The molecule has 20 heavy (non-hydrogen) atoms. The maximum atomic E-state index is 12.4. The summed E-state index contributed by atoms with van der Waals surface area (Å²) in [7, 11) is 0. The molecule has 3 heteroatoms. The summed E-state index contributed by atoms with van der Waals surface area (Å²) in [5.41, 5.74) is 1.81. The van der Waals surface area contributed by atoms with E-state index in [4.69, 9.17) is 0 Å². The Morgan fingerprint density at radius 3 is 1.85 bits per heavy atom. The minimum Gasteiger partial charge on any atom is -0.300 e. The number of para-hydroxylation sites is 2. The van der Waals surface area contributed by atoms with Crippen LogP contribution in [0.15, 0.2) is 48.5 Å². The molecule has 1 aromatic heterocycles. The summed E-state index contributed by atoms with van der Waals surface area (Å²) in [6, 6.07) is 15.7. The molecule has 0 radical (unpaired) electrons. The van der Waals surface area contributed by atoms with E-state index in [2.05, 4.69) is 0 Å². The molecular weight excluding hydrogens is 250 g/mol. The van der Waals surface area contributed by atoms with Gasteiger partial charge in [-0.2, -0.15) is 0 Å². The van der Waals surface area contributed by atoms with Crippen LogP contribution in [0.25, 0.3) is 21.8 Å². The number of hydrogen-bond acceptors (Lipinski definition) is 2. The van der Waals surface area contributed by atoms with Gasteiger partial charge in [0, 0.05) is 23.6 Å². The quantitative estimate of drug-likeness (QED) is 0.722. The molecule has 0 saturated heterocycles. The van der Waals surface area contributed by atoms with Crippen LogP contribution < -0.4 is 0 Å². The summed E-state index contributed by atoms with van der Waals surface area (Å²) in [6.45, 7) is 1.51. The first-order valence-corrected chi connectivity index (χ1v) is 6.69. The van der Waals surface area contributed by atoms with Crippen LogP contribution in [-0.4, -0.2) is 16.3 Å². The Kier molecular flexibility index (Phi) is 3.11. The molecule has 0 aliphatic carbocycles. The van der Waals surface area contributed by atoms with Crippen LogP contribution in [0.2, 0.25) is 0 Å². The molecule has 0 aliphatic heterocycles. The second kappa shape index (κ2) is 4.93. The SMILES string of the molecule is CC(=O)CCC(=O)n1c2ccccc2c2ccccc21. The zero-order chi connectivity index (χ0) is 14.1. The van der Waals surface area contributed by atoms with Crippen molar-refractivity contribution in [2.45, 2.75) is 19.8 Å². The molecule has 0 amide bonds. The molecule has 3 nitrogen and oxygen atoms in total. The lowest BCUT2D eigenvalue weighted by Gasteiger charge is -2.05.